The van der Waals surface area contributed by atoms with Gasteiger partial charge in [0.25, 0.3) is 5.91 Å². The van der Waals surface area contributed by atoms with Gasteiger partial charge in [-0.15, -0.1) is 0 Å². The highest BCUT2D eigenvalue weighted by Gasteiger charge is 2.22. The molecule has 0 saturated heterocycles. The minimum absolute atomic E-state index is 0.503. The van der Waals surface area contributed by atoms with E-state index in [0.717, 1.165) is 0 Å². The number of primary amides is 1. The van der Waals surface area contributed by atoms with E-state index in [0.29, 0.717) is 0 Å². The first kappa shape index (κ1) is 10.7. The summed E-state index contributed by atoms with van der Waals surface area (Å²) in [5.41, 5.74) is 4.66. The summed E-state index contributed by atoms with van der Waals surface area (Å²) < 4.78 is 4.32. The molecule has 0 aliphatic carbocycles. The van der Waals surface area contributed by atoms with Crippen molar-refractivity contribution in [1.82, 2.24) is 4.90 Å². The lowest BCUT2D eigenvalue weighted by Crippen LogP contribution is -2.40. The molecule has 0 radical (unpaired) electrons. The van der Waals surface area contributed by atoms with Gasteiger partial charge >= 0.3 is 6.09 Å². The van der Waals surface area contributed by atoms with E-state index in [-0.39, 0.29) is 0 Å². The van der Waals surface area contributed by atoms with Crippen LogP contribution in [0.3, 0.4) is 0 Å². The minimum atomic E-state index is -1.20. The van der Waals surface area contributed by atoms with E-state index in [9.17, 15) is 9.59 Å². The number of rotatable bonds is 3. The van der Waals surface area contributed by atoms with E-state index in [1.807, 2.05) is 0 Å². The first-order valence-corrected chi connectivity index (χ1v) is 3.27. The van der Waals surface area contributed by atoms with Crippen molar-refractivity contribution >= 4 is 12.0 Å². The van der Waals surface area contributed by atoms with Gasteiger partial charge in [0.2, 0.25) is 6.10 Å². The number of likely N-dealkylation sites (N-methyl/N-ethyl adjacent to an activating group) is 1. The molecule has 0 aromatic heterocycles. The Morgan fingerprint density at radius 2 is 2.08 bits per heavy atom. The van der Waals surface area contributed by atoms with E-state index in [2.05, 4.69) is 10.5 Å². The number of aliphatic hydroxyl groups is 1. The third-order valence-corrected chi connectivity index (χ3v) is 1.14. The number of carbonyl (C=O) groups excluding carboxylic acids is 2. The zero-order valence-electron chi connectivity index (χ0n) is 6.98. The van der Waals surface area contributed by atoms with Gasteiger partial charge in [-0.1, -0.05) is 0 Å². The Kier molecular flexibility index (Phi) is 4.06. The van der Waals surface area contributed by atoms with Crippen LogP contribution < -0.4 is 5.73 Å². The van der Waals surface area contributed by atoms with Crippen LogP contribution in [0.25, 0.3) is 0 Å². The fourth-order valence-corrected chi connectivity index (χ4v) is 0.594. The van der Waals surface area contributed by atoms with Gasteiger partial charge in [0, 0.05) is 14.1 Å². The number of carbonyl (C=O) groups is 2. The Balaban J connectivity index is 4.15. The summed E-state index contributed by atoms with van der Waals surface area (Å²) in [7, 11) is 2.96. The number of ether oxygens (including phenoxy) is 1. The molecule has 70 valence electrons. The largest absolute Gasteiger partial charge is 0.434 e. The summed E-state index contributed by atoms with van der Waals surface area (Å²) in [6.45, 7) is -0.569. The predicted octanol–water partition coefficient (Wildman–Crippen LogP) is -1.47. The molecule has 0 fully saturated rings. The molecule has 3 N–H and O–H groups in total. The number of aliphatic hydroxyl groups excluding tert-OH is 1. The average molecular weight is 176 g/mol. The summed E-state index contributed by atoms with van der Waals surface area (Å²) in [6, 6.07) is 0. The van der Waals surface area contributed by atoms with Crippen molar-refractivity contribution in [3.05, 3.63) is 0 Å². The lowest BCUT2D eigenvalue weighted by Gasteiger charge is -2.17. The third kappa shape index (κ3) is 3.20. The normalized spacial score (nSPS) is 11.9. The monoisotopic (exact) mass is 176 g/mol. The minimum Gasteiger partial charge on any atom is -0.434 e. The van der Waals surface area contributed by atoms with Crippen LogP contribution in [0.2, 0.25) is 0 Å². The van der Waals surface area contributed by atoms with Crippen molar-refractivity contribution in [3.8, 4) is 0 Å². The van der Waals surface area contributed by atoms with Gasteiger partial charge in [-0.25, -0.2) is 4.79 Å². The second-order valence-corrected chi connectivity index (χ2v) is 2.34. The quantitative estimate of drug-likeness (QED) is 0.549. The zero-order valence-corrected chi connectivity index (χ0v) is 6.98. The maximum atomic E-state index is 11.0. The van der Waals surface area contributed by atoms with Crippen molar-refractivity contribution in [2.45, 2.75) is 6.10 Å². The lowest BCUT2D eigenvalue weighted by atomic mass is 10.3. The molecule has 0 saturated carbocycles. The van der Waals surface area contributed by atoms with Gasteiger partial charge in [-0.05, 0) is 0 Å². The first-order chi connectivity index (χ1) is 5.49. The van der Waals surface area contributed by atoms with Crippen molar-refractivity contribution in [2.24, 2.45) is 5.73 Å². The lowest BCUT2D eigenvalue weighted by molar-refractivity contribution is -0.139. The second kappa shape index (κ2) is 4.55. The van der Waals surface area contributed by atoms with Gasteiger partial charge in [-0.2, -0.15) is 0 Å². The standard InChI is InChI=1S/C6H12N2O4/c1-8(2)5(10)4(3-9)12-6(7)11/h4,9H,3H2,1-2H3,(H2,7,11)/t4-/m0/s1. The Hall–Kier alpha value is -1.30. The van der Waals surface area contributed by atoms with Crippen LogP contribution in [0.5, 0.6) is 0 Å². The first-order valence-electron chi connectivity index (χ1n) is 3.27. The summed E-state index contributed by atoms with van der Waals surface area (Å²) in [4.78, 5) is 22.5. The third-order valence-electron chi connectivity index (χ3n) is 1.14. The van der Waals surface area contributed by atoms with Crippen molar-refractivity contribution in [1.29, 1.82) is 0 Å². The topological polar surface area (TPSA) is 92.9 Å². The number of hydrogen-bond donors (Lipinski definition) is 2. The molecular weight excluding hydrogens is 164 g/mol. The van der Waals surface area contributed by atoms with Crippen LogP contribution in [-0.2, 0) is 9.53 Å². The molecule has 0 unspecified atom stereocenters. The Bertz CT molecular complexity index is 180. The Labute approximate surface area is 69.9 Å². The van der Waals surface area contributed by atoms with E-state index < -0.39 is 24.7 Å². The maximum absolute atomic E-state index is 11.0. The molecule has 2 amide bonds. The summed E-state index contributed by atoms with van der Waals surface area (Å²) in [6.07, 6.45) is -2.28. The molecule has 0 rings (SSSR count). The smallest absolute Gasteiger partial charge is 0.405 e. The summed E-state index contributed by atoms with van der Waals surface area (Å²) in [5.74, 6) is -0.503. The van der Waals surface area contributed by atoms with E-state index >= 15 is 0 Å². The summed E-state index contributed by atoms with van der Waals surface area (Å²) >= 11 is 0. The molecule has 0 heterocycles. The highest BCUT2D eigenvalue weighted by Crippen LogP contribution is 1.95. The Morgan fingerprint density at radius 3 is 2.33 bits per heavy atom. The van der Waals surface area contributed by atoms with Gasteiger partial charge in [0.15, 0.2) is 0 Å². The highest BCUT2D eigenvalue weighted by molar-refractivity contribution is 5.82. The van der Waals surface area contributed by atoms with Crippen LogP contribution in [-0.4, -0.2) is 48.8 Å². The fraction of sp³-hybridized carbons (Fsp3) is 0.667. The van der Waals surface area contributed by atoms with E-state index in [4.69, 9.17) is 5.11 Å². The van der Waals surface area contributed by atoms with Crippen LogP contribution in [0, 0.1) is 0 Å². The molecule has 0 spiro atoms. The SMILES string of the molecule is CN(C)C(=O)[C@H](CO)OC(N)=O. The van der Waals surface area contributed by atoms with Crippen LogP contribution in [0.1, 0.15) is 0 Å². The molecule has 0 aromatic rings. The molecule has 12 heavy (non-hydrogen) atoms. The van der Waals surface area contributed by atoms with Crippen molar-refractivity contribution < 1.29 is 19.4 Å². The molecular formula is C6H12N2O4. The predicted molar refractivity (Wildman–Crippen MR) is 40.2 cm³/mol. The number of nitrogens with two attached hydrogens (primary N) is 1. The number of hydrogen-bond acceptors (Lipinski definition) is 4. The summed E-state index contributed by atoms with van der Waals surface area (Å²) in [5, 5.41) is 8.61. The molecule has 6 heteroatoms. The van der Waals surface area contributed by atoms with Crippen LogP contribution >= 0.6 is 0 Å². The van der Waals surface area contributed by atoms with Crippen molar-refractivity contribution in [2.75, 3.05) is 20.7 Å². The van der Waals surface area contributed by atoms with Crippen molar-refractivity contribution in [3.63, 3.8) is 0 Å². The van der Waals surface area contributed by atoms with Crippen LogP contribution in [0.4, 0.5) is 4.79 Å². The number of amides is 2. The van der Waals surface area contributed by atoms with E-state index in [1.165, 1.54) is 19.0 Å². The molecule has 6 nitrogen and oxygen atoms in total. The molecule has 0 aliphatic heterocycles. The van der Waals surface area contributed by atoms with Gasteiger partial charge < -0.3 is 20.5 Å². The second-order valence-electron chi connectivity index (χ2n) is 2.34. The van der Waals surface area contributed by atoms with Crippen LogP contribution in [0.15, 0.2) is 0 Å². The van der Waals surface area contributed by atoms with E-state index in [1.54, 1.807) is 0 Å². The van der Waals surface area contributed by atoms with Gasteiger partial charge in [0.05, 0.1) is 6.61 Å². The molecule has 0 aromatic carbocycles. The maximum Gasteiger partial charge on any atom is 0.405 e. The molecule has 0 aliphatic rings. The van der Waals surface area contributed by atoms with Gasteiger partial charge in [-0.3, -0.25) is 4.79 Å². The molecule has 1 atom stereocenters. The van der Waals surface area contributed by atoms with Gasteiger partial charge in [0.1, 0.15) is 0 Å². The Morgan fingerprint density at radius 1 is 1.58 bits per heavy atom. The molecule has 0 bridgehead atoms. The average Bonchev–Trinajstić information content (AvgIpc) is 1.98. The fourth-order valence-electron chi connectivity index (χ4n) is 0.594. The zero-order chi connectivity index (χ0) is 9.72. The highest BCUT2D eigenvalue weighted by atomic mass is 16.6. The number of nitrogens with zero attached hydrogens (tertiary/aromatic N) is 1.